The molecule has 2 saturated heterocycles. The third-order valence-electron chi connectivity index (χ3n) is 3.85. The fourth-order valence-electron chi connectivity index (χ4n) is 2.95. The Kier molecular flexibility index (Phi) is 3.73. The molecule has 2 atom stereocenters. The molecular weight excluding hydrogens is 260 g/mol. The van der Waals surface area contributed by atoms with Crippen LogP contribution in [0, 0.1) is 5.92 Å². The van der Waals surface area contributed by atoms with Gasteiger partial charge in [0.25, 0.3) is 0 Å². The van der Waals surface area contributed by atoms with Crippen molar-refractivity contribution in [2.24, 2.45) is 5.92 Å². The summed E-state index contributed by atoms with van der Waals surface area (Å²) in [5.41, 5.74) is 0.625. The number of rotatable bonds is 4. The lowest BCUT2D eigenvalue weighted by Gasteiger charge is -2.26. The Bertz CT molecular complexity index is 451. The Morgan fingerprint density at radius 1 is 1.32 bits per heavy atom. The molecule has 0 amide bonds. The highest BCUT2D eigenvalue weighted by Crippen LogP contribution is 2.46. The maximum atomic E-state index is 12.5. The number of carbonyl (C=O) groups is 1. The highest BCUT2D eigenvalue weighted by atomic mass is 32.2. The third-order valence-corrected chi connectivity index (χ3v) is 5.47. The lowest BCUT2D eigenvalue weighted by molar-refractivity contribution is 0.0906. The molecule has 2 aliphatic rings. The van der Waals surface area contributed by atoms with Crippen molar-refractivity contribution in [3.05, 3.63) is 18.0 Å². The summed E-state index contributed by atoms with van der Waals surface area (Å²) in [6, 6.07) is 0.346. The van der Waals surface area contributed by atoms with Gasteiger partial charge in [-0.15, -0.1) is 0 Å². The van der Waals surface area contributed by atoms with Crippen LogP contribution in [0.1, 0.15) is 43.0 Å². The number of Topliss-reactive ketones (excluding diaryl/α,β-unsaturated/α-hetero) is 1. The highest BCUT2D eigenvalue weighted by Gasteiger charge is 2.38. The van der Waals surface area contributed by atoms with E-state index in [-0.39, 0.29) is 11.7 Å². The van der Waals surface area contributed by atoms with Crippen LogP contribution in [0.25, 0.3) is 0 Å². The molecule has 1 aromatic heterocycles. The molecule has 0 N–H and O–H groups in total. The van der Waals surface area contributed by atoms with E-state index in [1.54, 1.807) is 12.4 Å². The molecule has 19 heavy (non-hydrogen) atoms. The maximum absolute atomic E-state index is 12.5. The Balaban J connectivity index is 1.69. The average Bonchev–Trinajstić information content (AvgIpc) is 2.78. The van der Waals surface area contributed by atoms with Gasteiger partial charge in [0.05, 0.1) is 12.2 Å². The SMILES string of the molecule is CCOc1ncc(C(=O)C2CC3CCC(C2)S3)cn1. The van der Waals surface area contributed by atoms with Crippen LogP contribution in [0.4, 0.5) is 0 Å². The minimum absolute atomic E-state index is 0.167. The second-order valence-electron chi connectivity index (χ2n) is 5.18. The molecule has 2 fully saturated rings. The number of fused-ring (bicyclic) bond motifs is 2. The van der Waals surface area contributed by atoms with Gasteiger partial charge >= 0.3 is 6.01 Å². The standard InChI is InChI=1S/C14H18N2O2S/c1-2-18-14-15-7-10(8-16-14)13(17)9-5-11-3-4-12(6-9)19-11/h7-9,11-12H,2-6H2,1H3. The number of hydrogen-bond acceptors (Lipinski definition) is 5. The van der Waals surface area contributed by atoms with Crippen molar-refractivity contribution < 1.29 is 9.53 Å². The first-order chi connectivity index (χ1) is 9.26. The minimum Gasteiger partial charge on any atom is -0.464 e. The summed E-state index contributed by atoms with van der Waals surface area (Å²) >= 11 is 2.07. The Morgan fingerprint density at radius 3 is 2.53 bits per heavy atom. The van der Waals surface area contributed by atoms with E-state index in [1.807, 2.05) is 6.92 Å². The van der Waals surface area contributed by atoms with Crippen molar-refractivity contribution in [1.82, 2.24) is 9.97 Å². The van der Waals surface area contributed by atoms with Crippen molar-refractivity contribution in [2.75, 3.05) is 6.61 Å². The van der Waals surface area contributed by atoms with Gasteiger partial charge in [-0.3, -0.25) is 4.79 Å². The van der Waals surface area contributed by atoms with Gasteiger partial charge in [-0.1, -0.05) is 0 Å². The van der Waals surface area contributed by atoms with Crippen molar-refractivity contribution in [3.63, 3.8) is 0 Å². The molecule has 102 valence electrons. The summed E-state index contributed by atoms with van der Waals surface area (Å²) in [4.78, 5) is 20.6. The summed E-state index contributed by atoms with van der Waals surface area (Å²) in [5.74, 6) is 0.376. The van der Waals surface area contributed by atoms with Crippen LogP contribution in [0.2, 0.25) is 0 Å². The van der Waals surface area contributed by atoms with E-state index in [0.717, 1.165) is 12.8 Å². The predicted octanol–water partition coefficient (Wildman–Crippen LogP) is 2.73. The number of nitrogens with zero attached hydrogens (tertiary/aromatic N) is 2. The first kappa shape index (κ1) is 12.9. The van der Waals surface area contributed by atoms with Crippen LogP contribution in [0.15, 0.2) is 12.4 Å². The molecule has 2 aliphatic heterocycles. The van der Waals surface area contributed by atoms with Crippen LogP contribution in [0.5, 0.6) is 6.01 Å². The smallest absolute Gasteiger partial charge is 0.316 e. The van der Waals surface area contributed by atoms with Crippen LogP contribution in [-0.2, 0) is 0 Å². The number of ketones is 1. The number of aromatic nitrogens is 2. The normalized spacial score (nSPS) is 29.2. The summed E-state index contributed by atoms with van der Waals surface area (Å²) in [6.45, 7) is 2.42. The molecule has 2 bridgehead atoms. The molecule has 0 spiro atoms. The van der Waals surface area contributed by atoms with Crippen molar-refractivity contribution >= 4 is 17.5 Å². The zero-order chi connectivity index (χ0) is 13.2. The van der Waals surface area contributed by atoms with E-state index in [0.29, 0.717) is 28.7 Å². The number of thioether (sulfide) groups is 1. The molecule has 1 aromatic rings. The second-order valence-corrected chi connectivity index (χ2v) is 6.78. The molecular formula is C14H18N2O2S. The fourth-order valence-corrected chi connectivity index (χ4v) is 4.73. The Morgan fingerprint density at radius 2 is 1.95 bits per heavy atom. The number of carbonyl (C=O) groups excluding carboxylic acids is 1. The lowest BCUT2D eigenvalue weighted by atomic mass is 9.91. The minimum atomic E-state index is 0.167. The molecule has 2 unspecified atom stereocenters. The third kappa shape index (κ3) is 2.76. The topological polar surface area (TPSA) is 52.1 Å². The molecule has 0 saturated carbocycles. The second kappa shape index (κ2) is 5.49. The van der Waals surface area contributed by atoms with Crippen molar-refractivity contribution in [1.29, 1.82) is 0 Å². The highest BCUT2D eigenvalue weighted by molar-refractivity contribution is 8.00. The fraction of sp³-hybridized carbons (Fsp3) is 0.643. The summed E-state index contributed by atoms with van der Waals surface area (Å²) in [7, 11) is 0. The predicted molar refractivity (Wildman–Crippen MR) is 74.7 cm³/mol. The number of hydrogen-bond donors (Lipinski definition) is 0. The molecule has 3 heterocycles. The van der Waals surface area contributed by atoms with Gasteiger partial charge in [-0.05, 0) is 32.6 Å². The van der Waals surface area contributed by atoms with E-state index >= 15 is 0 Å². The quantitative estimate of drug-likeness (QED) is 0.793. The van der Waals surface area contributed by atoms with Crippen LogP contribution >= 0.6 is 11.8 Å². The zero-order valence-corrected chi connectivity index (χ0v) is 11.9. The van der Waals surface area contributed by atoms with Gasteiger partial charge in [-0.25, -0.2) is 9.97 Å². The van der Waals surface area contributed by atoms with E-state index in [9.17, 15) is 4.79 Å². The molecule has 4 nitrogen and oxygen atoms in total. The van der Waals surface area contributed by atoms with Gasteiger partial charge < -0.3 is 4.74 Å². The monoisotopic (exact) mass is 278 g/mol. The molecule has 5 heteroatoms. The van der Waals surface area contributed by atoms with E-state index in [2.05, 4.69) is 21.7 Å². The summed E-state index contributed by atoms with van der Waals surface area (Å²) in [5, 5.41) is 1.38. The molecule has 0 aromatic carbocycles. The lowest BCUT2D eigenvalue weighted by Crippen LogP contribution is -2.25. The van der Waals surface area contributed by atoms with Gasteiger partial charge in [0, 0.05) is 28.8 Å². The average molecular weight is 278 g/mol. The first-order valence-electron chi connectivity index (χ1n) is 6.90. The summed E-state index contributed by atoms with van der Waals surface area (Å²) in [6.07, 6.45) is 7.80. The van der Waals surface area contributed by atoms with Crippen molar-refractivity contribution in [2.45, 2.75) is 43.1 Å². The van der Waals surface area contributed by atoms with E-state index in [4.69, 9.17) is 4.74 Å². The Labute approximate surface area is 117 Å². The molecule has 0 aliphatic carbocycles. The zero-order valence-electron chi connectivity index (χ0n) is 11.0. The van der Waals surface area contributed by atoms with Crippen LogP contribution < -0.4 is 4.74 Å². The van der Waals surface area contributed by atoms with Crippen LogP contribution in [0.3, 0.4) is 0 Å². The van der Waals surface area contributed by atoms with Crippen LogP contribution in [-0.4, -0.2) is 32.9 Å². The van der Waals surface area contributed by atoms with Gasteiger partial charge in [0.15, 0.2) is 5.78 Å². The van der Waals surface area contributed by atoms with Gasteiger partial charge in [0.2, 0.25) is 0 Å². The molecule has 0 radical (unpaired) electrons. The van der Waals surface area contributed by atoms with E-state index < -0.39 is 0 Å². The largest absolute Gasteiger partial charge is 0.464 e. The van der Waals surface area contributed by atoms with Gasteiger partial charge in [0.1, 0.15) is 0 Å². The van der Waals surface area contributed by atoms with Gasteiger partial charge in [-0.2, -0.15) is 11.8 Å². The summed E-state index contributed by atoms with van der Waals surface area (Å²) < 4.78 is 5.19. The number of ether oxygens (including phenoxy) is 1. The maximum Gasteiger partial charge on any atom is 0.316 e. The van der Waals surface area contributed by atoms with Crippen molar-refractivity contribution in [3.8, 4) is 6.01 Å². The molecule has 3 rings (SSSR count). The first-order valence-corrected chi connectivity index (χ1v) is 7.85. The van der Waals surface area contributed by atoms with E-state index in [1.165, 1.54) is 12.8 Å². The Hall–Kier alpha value is -1.10.